The Morgan fingerprint density at radius 1 is 0.702 bits per heavy atom. The molecule has 0 N–H and O–H groups in total. The Labute approximate surface area is 339 Å². The van der Waals surface area contributed by atoms with Crippen molar-refractivity contribution in [2.45, 2.75) is 32.6 Å². The van der Waals surface area contributed by atoms with E-state index in [0.717, 1.165) is 18.5 Å². The molecule has 0 saturated heterocycles. The summed E-state index contributed by atoms with van der Waals surface area (Å²) >= 11 is 1.90. The second kappa shape index (κ2) is 13.5. The van der Waals surface area contributed by atoms with Gasteiger partial charge in [-0.25, -0.2) is 0 Å². The summed E-state index contributed by atoms with van der Waals surface area (Å²) in [4.78, 5) is 3.85. The van der Waals surface area contributed by atoms with Gasteiger partial charge in [0.25, 0.3) is 0 Å². The number of hydrogen-bond acceptors (Lipinski definition) is 2. The van der Waals surface area contributed by atoms with Crippen molar-refractivity contribution in [1.82, 2.24) is 0 Å². The van der Waals surface area contributed by atoms with Crippen molar-refractivity contribution in [1.29, 1.82) is 0 Å². The Balaban J connectivity index is 1.10. The molecule has 4 aliphatic rings. The number of nitrogens with zero attached hydrogens (tertiary/aromatic N) is 1. The zero-order valence-corrected chi connectivity index (χ0v) is 33.1. The highest BCUT2D eigenvalue weighted by molar-refractivity contribution is 7.20. The number of rotatable bonds is 5. The molecule has 0 radical (unpaired) electrons. The number of fused-ring (bicyclic) bond motifs is 9. The second-order valence-electron chi connectivity index (χ2n) is 16.2. The lowest BCUT2D eigenvalue weighted by molar-refractivity contribution is 0.442. The molecule has 0 aliphatic heterocycles. The topological polar surface area (TPSA) is 3.24 Å². The van der Waals surface area contributed by atoms with Crippen LogP contribution in [0.1, 0.15) is 54.2 Å². The summed E-state index contributed by atoms with van der Waals surface area (Å²) in [5.41, 5.74) is 12.8. The number of thiophene rings is 1. The largest absolute Gasteiger partial charge is 0.311 e. The fourth-order valence-corrected chi connectivity index (χ4v) is 11.0. The molecule has 11 rings (SSSR count). The maximum Gasteiger partial charge on any atom is 0.0475 e. The van der Waals surface area contributed by atoms with Crippen molar-refractivity contribution in [3.63, 3.8) is 0 Å². The Kier molecular flexibility index (Phi) is 8.05. The van der Waals surface area contributed by atoms with E-state index in [1.165, 1.54) is 86.9 Å². The van der Waals surface area contributed by atoms with Crippen LogP contribution in [0.3, 0.4) is 0 Å². The monoisotopic (exact) mass is 749 g/mol. The number of anilines is 2. The van der Waals surface area contributed by atoms with Crippen LogP contribution in [-0.4, -0.2) is 0 Å². The highest BCUT2D eigenvalue weighted by atomic mass is 32.1. The average Bonchev–Trinajstić information content (AvgIpc) is 3.42. The maximum atomic E-state index is 2.52. The molecule has 0 spiro atoms. The van der Waals surface area contributed by atoms with Crippen LogP contribution in [0.2, 0.25) is 0 Å². The summed E-state index contributed by atoms with van der Waals surface area (Å²) in [6.45, 7) is 4.85. The summed E-state index contributed by atoms with van der Waals surface area (Å²) in [6, 6.07) is 45.3. The zero-order valence-electron chi connectivity index (χ0n) is 32.3. The van der Waals surface area contributed by atoms with Crippen LogP contribution in [0.5, 0.6) is 0 Å². The van der Waals surface area contributed by atoms with E-state index in [-0.39, 0.29) is 5.41 Å². The molecule has 0 fully saturated rings. The highest BCUT2D eigenvalue weighted by Crippen LogP contribution is 2.55. The standard InChI is InChI=1S/C55H43NS/c1-36-26-27-41(34-49(36)52-33-39-16-7-9-20-44(39)51-24-12-13-30-55(51,52)2)56(42-28-29-48-47-23-4-3-5-25-53(47)57-54(48)35-42)40-18-14-17-37(31-40)50-32-38-15-6-8-19-43(38)45-21-10-11-22-46(45)50/h4-25,27-36,51H,3,26H2,1-2H3/t36-,51-,55?/m1/s1. The highest BCUT2D eigenvalue weighted by Gasteiger charge is 2.42. The molecule has 1 heterocycles. The fraction of sp³-hybridized carbons (Fsp3) is 0.127. The van der Waals surface area contributed by atoms with Gasteiger partial charge in [0.1, 0.15) is 0 Å². The van der Waals surface area contributed by atoms with Crippen molar-refractivity contribution in [3.8, 4) is 11.1 Å². The van der Waals surface area contributed by atoms with E-state index in [1.54, 1.807) is 0 Å². The fourth-order valence-electron chi connectivity index (χ4n) is 9.88. The molecule has 0 saturated carbocycles. The van der Waals surface area contributed by atoms with Gasteiger partial charge >= 0.3 is 0 Å². The Bertz CT molecular complexity index is 3010. The molecule has 1 aromatic heterocycles. The first kappa shape index (κ1) is 34.1. The lowest BCUT2D eigenvalue weighted by Gasteiger charge is -2.44. The Hall–Kier alpha value is -6.22. The summed E-state index contributed by atoms with van der Waals surface area (Å²) in [6.07, 6.45) is 27.9. The van der Waals surface area contributed by atoms with Gasteiger partial charge < -0.3 is 4.90 Å². The first-order valence-corrected chi connectivity index (χ1v) is 21.2. The van der Waals surface area contributed by atoms with Crippen LogP contribution in [-0.2, 0) is 0 Å². The van der Waals surface area contributed by atoms with Gasteiger partial charge in [-0.3, -0.25) is 0 Å². The molecule has 4 aliphatic carbocycles. The van der Waals surface area contributed by atoms with Gasteiger partial charge in [0.05, 0.1) is 0 Å². The van der Waals surface area contributed by atoms with Crippen LogP contribution >= 0.6 is 11.3 Å². The SMILES string of the molecule is C[C@@H]1CC=C(N(c2cccc(-c3cc4ccccc4c4ccccc34)c2)c2ccc3c4c(sc3c2)C=CCC=C4)C=C1C1=Cc2ccccc2[C@H]2C=CC=CC12C. The predicted molar refractivity (Wildman–Crippen MR) is 247 cm³/mol. The van der Waals surface area contributed by atoms with E-state index in [0.29, 0.717) is 11.8 Å². The molecule has 3 atom stereocenters. The third kappa shape index (κ3) is 5.57. The Morgan fingerprint density at radius 3 is 2.44 bits per heavy atom. The minimum Gasteiger partial charge on any atom is -0.311 e. The van der Waals surface area contributed by atoms with Crippen LogP contribution in [0.25, 0.3) is 61.0 Å². The third-order valence-corrected chi connectivity index (χ3v) is 13.9. The molecule has 1 unspecified atom stereocenters. The van der Waals surface area contributed by atoms with E-state index in [1.807, 2.05) is 11.3 Å². The minimum absolute atomic E-state index is 0.137. The van der Waals surface area contributed by atoms with Gasteiger partial charge in [-0.15, -0.1) is 11.3 Å². The second-order valence-corrected chi connectivity index (χ2v) is 17.3. The number of allylic oxidation sites excluding steroid dienone is 10. The maximum absolute atomic E-state index is 2.52. The van der Waals surface area contributed by atoms with E-state index >= 15 is 0 Å². The normalized spacial score (nSPS) is 20.8. The van der Waals surface area contributed by atoms with Gasteiger partial charge in [0.15, 0.2) is 0 Å². The smallest absolute Gasteiger partial charge is 0.0475 e. The lowest BCUT2D eigenvalue weighted by Crippen LogP contribution is -2.32. The molecule has 57 heavy (non-hydrogen) atoms. The summed E-state index contributed by atoms with van der Waals surface area (Å²) in [5.74, 6) is 0.679. The molecular weight excluding hydrogens is 707 g/mol. The van der Waals surface area contributed by atoms with E-state index in [9.17, 15) is 0 Å². The van der Waals surface area contributed by atoms with Crippen LogP contribution in [0.15, 0.2) is 187 Å². The first-order valence-electron chi connectivity index (χ1n) is 20.3. The number of hydrogen-bond donors (Lipinski definition) is 0. The lowest BCUT2D eigenvalue weighted by atomic mass is 9.59. The van der Waals surface area contributed by atoms with Crippen LogP contribution < -0.4 is 4.90 Å². The van der Waals surface area contributed by atoms with Crippen LogP contribution in [0.4, 0.5) is 11.4 Å². The van der Waals surface area contributed by atoms with Crippen molar-refractivity contribution in [2.75, 3.05) is 4.90 Å². The van der Waals surface area contributed by atoms with Gasteiger partial charge in [0.2, 0.25) is 0 Å². The molecule has 6 aromatic carbocycles. The quantitative estimate of drug-likeness (QED) is 0.158. The number of benzene rings is 6. The first-order chi connectivity index (χ1) is 28.0. The molecule has 274 valence electrons. The summed E-state index contributed by atoms with van der Waals surface area (Å²) in [5, 5.41) is 6.44. The Morgan fingerprint density at radius 2 is 1.51 bits per heavy atom. The van der Waals surface area contributed by atoms with Gasteiger partial charge in [-0.1, -0.05) is 160 Å². The predicted octanol–water partition coefficient (Wildman–Crippen LogP) is 15.6. The molecule has 2 heteroatoms. The third-order valence-electron chi connectivity index (χ3n) is 12.8. The van der Waals surface area contributed by atoms with E-state index in [4.69, 9.17) is 0 Å². The van der Waals surface area contributed by atoms with Crippen molar-refractivity contribution >= 4 is 72.6 Å². The summed E-state index contributed by atoms with van der Waals surface area (Å²) in [7, 11) is 0. The molecular formula is C55H43NS. The molecule has 1 nitrogen and oxygen atoms in total. The van der Waals surface area contributed by atoms with Crippen LogP contribution in [0, 0.1) is 11.3 Å². The van der Waals surface area contributed by atoms with E-state index in [2.05, 4.69) is 207 Å². The van der Waals surface area contributed by atoms with E-state index < -0.39 is 0 Å². The van der Waals surface area contributed by atoms with Gasteiger partial charge in [-0.05, 0) is 122 Å². The average molecular weight is 750 g/mol. The van der Waals surface area contributed by atoms with Gasteiger partial charge in [0, 0.05) is 43.4 Å². The zero-order chi connectivity index (χ0) is 38.1. The molecule has 0 amide bonds. The van der Waals surface area contributed by atoms with Crippen molar-refractivity contribution in [3.05, 3.63) is 208 Å². The van der Waals surface area contributed by atoms with Gasteiger partial charge in [-0.2, -0.15) is 0 Å². The minimum atomic E-state index is -0.137. The summed E-state index contributed by atoms with van der Waals surface area (Å²) < 4.78 is 1.31. The van der Waals surface area contributed by atoms with Crippen molar-refractivity contribution in [2.24, 2.45) is 11.3 Å². The molecule has 0 bridgehead atoms. The molecule has 7 aromatic rings. The van der Waals surface area contributed by atoms with Crippen molar-refractivity contribution < 1.29 is 0 Å².